The predicted octanol–water partition coefficient (Wildman–Crippen LogP) is 1.96. The Morgan fingerprint density at radius 1 is 1.26 bits per heavy atom. The molecule has 1 fully saturated rings. The van der Waals surface area contributed by atoms with Gasteiger partial charge in [-0.3, -0.25) is 9.20 Å². The second kappa shape index (κ2) is 9.05. The molecule has 2 aromatic rings. The van der Waals surface area contributed by atoms with Gasteiger partial charge in [0.1, 0.15) is 0 Å². The second-order valence-corrected chi connectivity index (χ2v) is 6.04. The van der Waals surface area contributed by atoms with E-state index in [1.165, 1.54) is 10.5 Å². The molecule has 0 aliphatic carbocycles. The van der Waals surface area contributed by atoms with E-state index in [4.69, 9.17) is 10.5 Å². The van der Waals surface area contributed by atoms with Crippen LogP contribution in [0.5, 0.6) is 0 Å². The lowest BCUT2D eigenvalue weighted by Gasteiger charge is -2.34. The maximum atomic E-state index is 12.9. The standard InChI is InChI=1S/C15H18F3N5O2.2ClH/c16-15(17,18)10-1-2-11-21-22-12(23(11)8-10)7-20-13(24)14(9-19)3-5-25-6-4-14;;/h1-2,8H,3-7,9,19H2,(H,20,24);2*1H. The van der Waals surface area contributed by atoms with Crippen molar-refractivity contribution in [3.63, 3.8) is 0 Å². The summed E-state index contributed by atoms with van der Waals surface area (Å²) in [4.78, 5) is 12.5. The van der Waals surface area contributed by atoms with E-state index in [9.17, 15) is 18.0 Å². The highest BCUT2D eigenvalue weighted by molar-refractivity contribution is 5.85. The zero-order valence-electron chi connectivity index (χ0n) is 14.2. The van der Waals surface area contributed by atoms with E-state index >= 15 is 0 Å². The molecule has 3 heterocycles. The van der Waals surface area contributed by atoms with E-state index in [2.05, 4.69) is 15.5 Å². The number of nitrogens with two attached hydrogens (primary N) is 1. The molecule has 7 nitrogen and oxygen atoms in total. The van der Waals surface area contributed by atoms with Crippen LogP contribution in [0.4, 0.5) is 13.2 Å². The monoisotopic (exact) mass is 429 g/mol. The number of rotatable bonds is 4. The topological polar surface area (TPSA) is 94.5 Å². The number of ether oxygens (including phenoxy) is 1. The van der Waals surface area contributed by atoms with E-state index < -0.39 is 17.2 Å². The van der Waals surface area contributed by atoms with Crippen molar-refractivity contribution in [2.45, 2.75) is 25.6 Å². The zero-order chi connectivity index (χ0) is 18.1. The number of aromatic nitrogens is 3. The summed E-state index contributed by atoms with van der Waals surface area (Å²) >= 11 is 0. The quantitative estimate of drug-likeness (QED) is 0.774. The van der Waals surface area contributed by atoms with Crippen LogP contribution in [0.3, 0.4) is 0 Å². The Balaban J connectivity index is 0.00000182. The van der Waals surface area contributed by atoms with Crippen molar-refractivity contribution < 1.29 is 22.7 Å². The predicted molar refractivity (Wildman–Crippen MR) is 95.9 cm³/mol. The summed E-state index contributed by atoms with van der Waals surface area (Å²) in [7, 11) is 0. The Morgan fingerprint density at radius 2 is 1.93 bits per heavy atom. The zero-order valence-corrected chi connectivity index (χ0v) is 15.8. The highest BCUT2D eigenvalue weighted by atomic mass is 35.5. The lowest BCUT2D eigenvalue weighted by atomic mass is 9.79. The first-order valence-corrected chi connectivity index (χ1v) is 7.83. The van der Waals surface area contributed by atoms with Crippen LogP contribution in [0, 0.1) is 5.41 Å². The molecule has 27 heavy (non-hydrogen) atoms. The fraction of sp³-hybridized carbons (Fsp3) is 0.533. The van der Waals surface area contributed by atoms with Gasteiger partial charge in [0.05, 0.1) is 17.5 Å². The van der Waals surface area contributed by atoms with Crippen LogP contribution in [-0.2, 0) is 22.3 Å². The average Bonchev–Trinajstić information content (AvgIpc) is 3.01. The molecule has 3 rings (SSSR count). The van der Waals surface area contributed by atoms with E-state index in [0.717, 1.165) is 12.3 Å². The number of alkyl halides is 3. The van der Waals surface area contributed by atoms with Gasteiger partial charge in [-0.25, -0.2) is 0 Å². The Bertz CT molecular complexity index is 778. The summed E-state index contributed by atoms with van der Waals surface area (Å²) < 4.78 is 45.1. The fourth-order valence-corrected chi connectivity index (χ4v) is 2.86. The second-order valence-electron chi connectivity index (χ2n) is 6.04. The van der Waals surface area contributed by atoms with Crippen LogP contribution < -0.4 is 11.1 Å². The molecule has 152 valence electrons. The van der Waals surface area contributed by atoms with E-state index in [-0.39, 0.29) is 55.3 Å². The molecule has 1 amide bonds. The van der Waals surface area contributed by atoms with Gasteiger partial charge in [-0.2, -0.15) is 13.2 Å². The maximum Gasteiger partial charge on any atom is 0.417 e. The van der Waals surface area contributed by atoms with Gasteiger partial charge in [0.25, 0.3) is 0 Å². The van der Waals surface area contributed by atoms with Crippen LogP contribution in [0.25, 0.3) is 5.65 Å². The summed E-state index contributed by atoms with van der Waals surface area (Å²) in [6, 6.07) is 2.18. The van der Waals surface area contributed by atoms with Crippen LogP contribution in [-0.4, -0.2) is 40.3 Å². The third kappa shape index (κ3) is 4.81. The number of amides is 1. The molecule has 0 spiro atoms. The Morgan fingerprint density at radius 3 is 2.52 bits per heavy atom. The number of nitrogens with zero attached hydrogens (tertiary/aromatic N) is 3. The van der Waals surface area contributed by atoms with Gasteiger partial charge in [0.15, 0.2) is 11.5 Å². The van der Waals surface area contributed by atoms with Gasteiger partial charge >= 0.3 is 6.18 Å². The first-order valence-electron chi connectivity index (χ1n) is 7.83. The van der Waals surface area contributed by atoms with Gasteiger partial charge in [-0.15, -0.1) is 35.0 Å². The van der Waals surface area contributed by atoms with Crippen molar-refractivity contribution in [3.05, 3.63) is 29.7 Å². The molecule has 0 saturated carbocycles. The van der Waals surface area contributed by atoms with Crippen molar-refractivity contribution in [1.82, 2.24) is 19.9 Å². The van der Waals surface area contributed by atoms with Gasteiger partial charge in [0, 0.05) is 26.0 Å². The highest BCUT2D eigenvalue weighted by Crippen LogP contribution is 2.30. The molecule has 12 heteroatoms. The van der Waals surface area contributed by atoms with Crippen LogP contribution in [0.2, 0.25) is 0 Å². The average molecular weight is 430 g/mol. The smallest absolute Gasteiger partial charge is 0.381 e. The number of pyridine rings is 1. The first-order chi connectivity index (χ1) is 11.9. The minimum atomic E-state index is -4.47. The fourth-order valence-electron chi connectivity index (χ4n) is 2.86. The highest BCUT2D eigenvalue weighted by Gasteiger charge is 2.38. The van der Waals surface area contributed by atoms with Crippen molar-refractivity contribution >= 4 is 36.4 Å². The summed E-state index contributed by atoms with van der Waals surface area (Å²) in [5, 5.41) is 10.4. The minimum absolute atomic E-state index is 0. The molecule has 2 aromatic heterocycles. The first kappa shape index (κ1) is 23.4. The summed E-state index contributed by atoms with van der Waals surface area (Å²) in [5.74, 6) is -0.0318. The van der Waals surface area contributed by atoms with Crippen molar-refractivity contribution in [1.29, 1.82) is 0 Å². The number of carbonyl (C=O) groups is 1. The van der Waals surface area contributed by atoms with Gasteiger partial charge in [-0.05, 0) is 25.0 Å². The molecule has 3 N–H and O–H groups in total. The summed E-state index contributed by atoms with van der Waals surface area (Å²) in [6.45, 7) is 1.05. The molecule has 1 saturated heterocycles. The molecule has 0 unspecified atom stereocenters. The van der Waals surface area contributed by atoms with E-state index in [0.29, 0.717) is 26.1 Å². The van der Waals surface area contributed by atoms with Gasteiger partial charge in [0.2, 0.25) is 5.91 Å². The van der Waals surface area contributed by atoms with Crippen LogP contribution >= 0.6 is 24.8 Å². The van der Waals surface area contributed by atoms with Gasteiger partial charge in [-0.1, -0.05) is 0 Å². The number of hydrogen-bond acceptors (Lipinski definition) is 5. The van der Waals surface area contributed by atoms with Crippen molar-refractivity contribution in [3.8, 4) is 0 Å². The number of fused-ring (bicyclic) bond motifs is 1. The van der Waals surface area contributed by atoms with Crippen LogP contribution in [0.1, 0.15) is 24.2 Å². The minimum Gasteiger partial charge on any atom is -0.381 e. The van der Waals surface area contributed by atoms with E-state index in [1.54, 1.807) is 0 Å². The Hall–Kier alpha value is -1.62. The Kier molecular flexibility index (Phi) is 7.85. The number of hydrogen-bond donors (Lipinski definition) is 2. The molecular weight excluding hydrogens is 410 g/mol. The van der Waals surface area contributed by atoms with Crippen molar-refractivity contribution in [2.75, 3.05) is 19.8 Å². The summed E-state index contributed by atoms with van der Waals surface area (Å²) in [6.07, 6.45) is -2.53. The lowest BCUT2D eigenvalue weighted by molar-refractivity contribution is -0.138. The molecule has 0 radical (unpaired) electrons. The molecule has 1 aliphatic heterocycles. The number of nitrogens with one attached hydrogen (secondary N) is 1. The molecule has 0 atom stereocenters. The number of carbonyl (C=O) groups excluding carboxylic acids is 1. The summed E-state index contributed by atoms with van der Waals surface area (Å²) in [5.41, 5.74) is 4.52. The SMILES string of the molecule is Cl.Cl.NCC1(C(=O)NCc2nnc3ccc(C(F)(F)F)cn23)CCOCC1. The van der Waals surface area contributed by atoms with Crippen molar-refractivity contribution in [2.24, 2.45) is 11.1 Å². The van der Waals surface area contributed by atoms with Crippen LogP contribution in [0.15, 0.2) is 18.3 Å². The molecule has 0 bridgehead atoms. The number of halogens is 5. The van der Waals surface area contributed by atoms with Gasteiger partial charge < -0.3 is 15.8 Å². The molecule has 1 aliphatic rings. The Labute approximate surface area is 165 Å². The normalized spacial score (nSPS) is 16.3. The van der Waals surface area contributed by atoms with E-state index in [1.807, 2.05) is 0 Å². The third-order valence-corrected chi connectivity index (χ3v) is 4.53. The maximum absolute atomic E-state index is 12.9. The lowest BCUT2D eigenvalue weighted by Crippen LogP contribution is -2.49. The molecular formula is C15H20Cl2F3N5O2. The largest absolute Gasteiger partial charge is 0.417 e. The molecule has 0 aromatic carbocycles. The third-order valence-electron chi connectivity index (χ3n) is 4.53.